The number of aliphatic hydroxyl groups is 4. The maximum absolute atomic E-state index is 12.6. The summed E-state index contributed by atoms with van der Waals surface area (Å²) in [6.07, 6.45) is 30.9. The van der Waals surface area contributed by atoms with E-state index in [1.807, 2.05) is 12.2 Å². The van der Waals surface area contributed by atoms with Gasteiger partial charge >= 0.3 is 11.9 Å². The van der Waals surface area contributed by atoms with Gasteiger partial charge in [0.25, 0.3) is 0 Å². The summed E-state index contributed by atoms with van der Waals surface area (Å²) in [5.74, 6) is -0.921. The lowest BCUT2D eigenvalue weighted by molar-refractivity contribution is -0.305. The van der Waals surface area contributed by atoms with Crippen molar-refractivity contribution in [3.8, 4) is 0 Å². The fourth-order valence-electron chi connectivity index (χ4n) is 5.09. The first-order valence-corrected chi connectivity index (χ1v) is 19.0. The zero-order chi connectivity index (χ0) is 37.4. The van der Waals surface area contributed by atoms with E-state index in [9.17, 15) is 30.0 Å². The molecule has 1 rings (SSSR count). The molecule has 1 aliphatic heterocycles. The Labute approximate surface area is 306 Å². The van der Waals surface area contributed by atoms with Crippen LogP contribution in [0.3, 0.4) is 0 Å². The van der Waals surface area contributed by atoms with Gasteiger partial charge in [0.15, 0.2) is 12.4 Å². The predicted octanol–water partition coefficient (Wildman–Crippen LogP) is 6.88. The van der Waals surface area contributed by atoms with Crippen molar-refractivity contribution in [2.75, 3.05) is 19.8 Å². The molecule has 0 radical (unpaired) electrons. The summed E-state index contributed by atoms with van der Waals surface area (Å²) in [4.78, 5) is 25.0. The zero-order valence-corrected chi connectivity index (χ0v) is 31.1. The molecule has 0 spiro atoms. The molecule has 0 saturated carbocycles. The molecular weight excluding hydrogens is 652 g/mol. The highest BCUT2D eigenvalue weighted by Crippen LogP contribution is 2.22. The SMILES string of the molecule is CC/C=C/C/C=C/C/C=C/C/C=C/C/C=C/C/C=C/CCC(=O)O[C@H](COC(=O)CCCCCCCCC)CO[C@H]1O[C@@H](CO)[C@@H](O)C(O)C1O. The number of carbonyl (C=O) groups excluding carboxylic acids is 2. The van der Waals surface area contributed by atoms with Crippen molar-refractivity contribution in [2.45, 2.75) is 153 Å². The van der Waals surface area contributed by atoms with Crippen LogP contribution < -0.4 is 0 Å². The van der Waals surface area contributed by atoms with E-state index >= 15 is 0 Å². The first-order chi connectivity index (χ1) is 24.8. The topological polar surface area (TPSA) is 152 Å². The van der Waals surface area contributed by atoms with Gasteiger partial charge in [-0.15, -0.1) is 0 Å². The molecule has 2 unspecified atom stereocenters. The van der Waals surface area contributed by atoms with Gasteiger partial charge in [-0.3, -0.25) is 9.59 Å². The molecule has 0 aromatic heterocycles. The second kappa shape index (κ2) is 31.8. The van der Waals surface area contributed by atoms with Gasteiger partial charge in [0.1, 0.15) is 31.0 Å². The number of allylic oxidation sites excluding steroid dienone is 12. The highest BCUT2D eigenvalue weighted by atomic mass is 16.7. The average molecular weight is 719 g/mol. The van der Waals surface area contributed by atoms with Crippen molar-refractivity contribution in [1.82, 2.24) is 0 Å². The molecule has 0 aliphatic carbocycles. The largest absolute Gasteiger partial charge is 0.462 e. The average Bonchev–Trinajstić information content (AvgIpc) is 3.13. The number of carbonyl (C=O) groups is 2. The Morgan fingerprint density at radius 1 is 0.627 bits per heavy atom. The highest BCUT2D eigenvalue weighted by Gasteiger charge is 2.44. The minimum absolute atomic E-state index is 0.102. The van der Waals surface area contributed by atoms with Gasteiger partial charge in [-0.25, -0.2) is 0 Å². The summed E-state index contributed by atoms with van der Waals surface area (Å²) in [7, 11) is 0. The monoisotopic (exact) mass is 718 g/mol. The predicted molar refractivity (Wildman–Crippen MR) is 201 cm³/mol. The van der Waals surface area contributed by atoms with E-state index in [0.717, 1.165) is 57.8 Å². The van der Waals surface area contributed by atoms with Gasteiger partial charge in [-0.05, 0) is 51.4 Å². The highest BCUT2D eigenvalue weighted by molar-refractivity contribution is 5.70. The quantitative estimate of drug-likeness (QED) is 0.0366. The first kappa shape index (κ1) is 46.2. The van der Waals surface area contributed by atoms with Crippen molar-refractivity contribution in [3.05, 3.63) is 72.9 Å². The lowest BCUT2D eigenvalue weighted by atomic mass is 9.99. The lowest BCUT2D eigenvalue weighted by Crippen LogP contribution is -2.59. The standard InChI is InChI=1S/C41H66O10/c1-3-5-7-9-11-12-13-14-15-16-17-18-19-20-21-22-24-26-28-30-37(44)50-34(32-48-36(43)29-27-25-23-10-8-6-4-2)33-49-41-40(47)39(46)38(45)35(31-42)51-41/h5,7,11-12,14-15,17-18,20-21,24,26,34-35,38-42,45-47H,3-4,6,8-10,13,16,19,22-23,25,27-33H2,1-2H3/b7-5+,12-11+,15-14+,18-17+,21-20+,26-24+/t34-,35+,38-,39?,40?,41+/m1/s1. The second-order valence-corrected chi connectivity index (χ2v) is 12.7. The van der Waals surface area contributed by atoms with Crippen LogP contribution in [0.1, 0.15) is 117 Å². The Morgan fingerprint density at radius 3 is 1.71 bits per heavy atom. The van der Waals surface area contributed by atoms with Crippen molar-refractivity contribution in [1.29, 1.82) is 0 Å². The number of unbranched alkanes of at least 4 members (excludes halogenated alkanes) is 6. The third-order valence-corrected chi connectivity index (χ3v) is 8.12. The normalized spacial score (nSPS) is 22.0. The van der Waals surface area contributed by atoms with Crippen LogP contribution in [-0.4, -0.2) is 89.0 Å². The smallest absolute Gasteiger partial charge is 0.306 e. The summed E-state index contributed by atoms with van der Waals surface area (Å²) in [5, 5.41) is 39.8. The molecule has 10 nitrogen and oxygen atoms in total. The molecule has 10 heteroatoms. The van der Waals surface area contributed by atoms with E-state index in [2.05, 4.69) is 74.6 Å². The minimum Gasteiger partial charge on any atom is -0.462 e. The summed E-state index contributed by atoms with van der Waals surface area (Å²) in [6.45, 7) is 3.14. The Morgan fingerprint density at radius 2 is 1.16 bits per heavy atom. The van der Waals surface area contributed by atoms with E-state index in [0.29, 0.717) is 12.8 Å². The number of ether oxygens (including phenoxy) is 4. The number of rotatable bonds is 29. The summed E-state index contributed by atoms with van der Waals surface area (Å²) in [5.41, 5.74) is 0. The molecule has 0 bridgehead atoms. The number of hydrogen-bond donors (Lipinski definition) is 4. The molecule has 1 saturated heterocycles. The molecular formula is C41H66O10. The molecule has 0 amide bonds. The van der Waals surface area contributed by atoms with E-state index in [-0.39, 0.29) is 26.1 Å². The molecule has 1 heterocycles. The molecule has 0 aromatic carbocycles. The Hall–Kier alpha value is -2.86. The lowest BCUT2D eigenvalue weighted by Gasteiger charge is -2.39. The zero-order valence-electron chi connectivity index (χ0n) is 31.1. The molecule has 0 aromatic rings. The molecule has 6 atom stereocenters. The van der Waals surface area contributed by atoms with Gasteiger partial charge in [0.05, 0.1) is 13.2 Å². The van der Waals surface area contributed by atoms with Crippen molar-refractivity contribution < 1.29 is 49.0 Å². The number of hydrogen-bond acceptors (Lipinski definition) is 10. The van der Waals surface area contributed by atoms with Crippen LogP contribution >= 0.6 is 0 Å². The van der Waals surface area contributed by atoms with Crippen LogP contribution in [0.5, 0.6) is 0 Å². The fourth-order valence-corrected chi connectivity index (χ4v) is 5.09. The third kappa shape index (κ3) is 24.1. The Kier molecular flexibility index (Phi) is 28.8. The van der Waals surface area contributed by atoms with Crippen LogP contribution in [0.25, 0.3) is 0 Å². The Balaban J connectivity index is 2.44. The van der Waals surface area contributed by atoms with E-state index < -0.39 is 55.4 Å². The maximum atomic E-state index is 12.6. The van der Waals surface area contributed by atoms with E-state index in [1.165, 1.54) is 19.3 Å². The summed E-state index contributed by atoms with van der Waals surface area (Å²) >= 11 is 0. The Bertz CT molecular complexity index is 1060. The van der Waals surface area contributed by atoms with Crippen LogP contribution in [0.4, 0.5) is 0 Å². The van der Waals surface area contributed by atoms with Crippen molar-refractivity contribution in [3.63, 3.8) is 0 Å². The van der Waals surface area contributed by atoms with Crippen LogP contribution in [-0.2, 0) is 28.5 Å². The van der Waals surface area contributed by atoms with Gasteiger partial charge in [-0.2, -0.15) is 0 Å². The van der Waals surface area contributed by atoms with Gasteiger partial charge in [0.2, 0.25) is 0 Å². The fraction of sp³-hybridized carbons (Fsp3) is 0.659. The van der Waals surface area contributed by atoms with Crippen molar-refractivity contribution >= 4 is 11.9 Å². The molecule has 1 fully saturated rings. The van der Waals surface area contributed by atoms with Gasteiger partial charge in [-0.1, -0.05) is 125 Å². The van der Waals surface area contributed by atoms with Gasteiger partial charge in [0, 0.05) is 12.8 Å². The van der Waals surface area contributed by atoms with Gasteiger partial charge < -0.3 is 39.4 Å². The van der Waals surface area contributed by atoms with Crippen LogP contribution in [0, 0.1) is 0 Å². The van der Waals surface area contributed by atoms with Crippen LogP contribution in [0.15, 0.2) is 72.9 Å². The molecule has 51 heavy (non-hydrogen) atoms. The summed E-state index contributed by atoms with van der Waals surface area (Å²) in [6, 6.07) is 0. The first-order valence-electron chi connectivity index (χ1n) is 19.0. The molecule has 4 N–H and O–H groups in total. The third-order valence-electron chi connectivity index (χ3n) is 8.12. The molecule has 290 valence electrons. The maximum Gasteiger partial charge on any atom is 0.306 e. The van der Waals surface area contributed by atoms with Crippen LogP contribution in [0.2, 0.25) is 0 Å². The number of esters is 2. The molecule has 1 aliphatic rings. The minimum atomic E-state index is -1.61. The number of aliphatic hydroxyl groups excluding tert-OH is 4. The van der Waals surface area contributed by atoms with E-state index in [1.54, 1.807) is 0 Å². The second-order valence-electron chi connectivity index (χ2n) is 12.7. The summed E-state index contributed by atoms with van der Waals surface area (Å²) < 4.78 is 21.9. The van der Waals surface area contributed by atoms with E-state index in [4.69, 9.17) is 18.9 Å². The van der Waals surface area contributed by atoms with Crippen molar-refractivity contribution in [2.24, 2.45) is 0 Å².